The number of carbonyl (C=O) groups excluding carboxylic acids is 1. The zero-order valence-electron chi connectivity index (χ0n) is 13.9. The Balaban J connectivity index is 1.62. The number of benzene rings is 1. The Labute approximate surface area is 146 Å². The molecule has 0 radical (unpaired) electrons. The average molecular weight is 337 g/mol. The molecule has 3 heterocycles. The van der Waals surface area contributed by atoms with Gasteiger partial charge in [0, 0.05) is 6.54 Å². The normalized spacial score (nSPS) is 18.8. The summed E-state index contributed by atoms with van der Waals surface area (Å²) in [4.78, 5) is 19.6. The number of aliphatic hydroxyl groups excluding tert-OH is 1. The highest BCUT2D eigenvalue weighted by Gasteiger charge is 2.27. The van der Waals surface area contributed by atoms with Crippen LogP contribution < -0.4 is 14.5 Å². The van der Waals surface area contributed by atoms with Gasteiger partial charge in [-0.2, -0.15) is 0 Å². The molecule has 4 rings (SSSR count). The van der Waals surface area contributed by atoms with E-state index in [0.29, 0.717) is 19.6 Å². The van der Waals surface area contributed by atoms with E-state index in [9.17, 15) is 9.90 Å². The topological polar surface area (TPSA) is 65.9 Å². The number of pyridine rings is 1. The minimum atomic E-state index is -0.718. The van der Waals surface area contributed by atoms with Crippen molar-refractivity contribution < 1.29 is 14.6 Å². The lowest BCUT2D eigenvalue weighted by molar-refractivity contribution is -0.119. The van der Waals surface area contributed by atoms with Crippen molar-refractivity contribution in [3.05, 3.63) is 53.9 Å². The SMILES string of the molecule is COc1ccc(CN2c3cc(N4CC(=O)C4)cnc3C=CC2O)cc1. The van der Waals surface area contributed by atoms with Gasteiger partial charge in [0.05, 0.1) is 43.5 Å². The second-order valence-electron chi connectivity index (χ2n) is 6.24. The van der Waals surface area contributed by atoms with E-state index in [4.69, 9.17) is 4.74 Å². The first-order valence-corrected chi connectivity index (χ1v) is 8.16. The van der Waals surface area contributed by atoms with Crippen LogP contribution in [0.1, 0.15) is 11.3 Å². The lowest BCUT2D eigenvalue weighted by atomic mass is 10.1. The highest BCUT2D eigenvalue weighted by Crippen LogP contribution is 2.32. The number of aliphatic hydroxyl groups is 1. The number of nitrogens with zero attached hydrogens (tertiary/aromatic N) is 3. The predicted octanol–water partition coefficient (Wildman–Crippen LogP) is 1.83. The van der Waals surface area contributed by atoms with E-state index >= 15 is 0 Å². The molecule has 25 heavy (non-hydrogen) atoms. The Morgan fingerprint density at radius 1 is 1.28 bits per heavy atom. The summed E-state index contributed by atoms with van der Waals surface area (Å²) in [5, 5.41) is 10.4. The molecule has 1 atom stereocenters. The zero-order valence-corrected chi connectivity index (χ0v) is 13.9. The van der Waals surface area contributed by atoms with Crippen LogP contribution >= 0.6 is 0 Å². The van der Waals surface area contributed by atoms with Crippen molar-refractivity contribution in [1.29, 1.82) is 0 Å². The third-order valence-electron chi connectivity index (χ3n) is 4.55. The maximum Gasteiger partial charge on any atom is 0.171 e. The molecule has 0 saturated carbocycles. The summed E-state index contributed by atoms with van der Waals surface area (Å²) in [5.74, 6) is 1.03. The van der Waals surface area contributed by atoms with Crippen LogP contribution in [0, 0.1) is 0 Å². The number of hydrogen-bond acceptors (Lipinski definition) is 6. The smallest absolute Gasteiger partial charge is 0.171 e. The summed E-state index contributed by atoms with van der Waals surface area (Å²) in [6.45, 7) is 1.40. The van der Waals surface area contributed by atoms with Crippen LogP contribution in [0.2, 0.25) is 0 Å². The molecule has 1 unspecified atom stereocenters. The second kappa shape index (κ2) is 6.22. The van der Waals surface area contributed by atoms with Gasteiger partial charge in [0.25, 0.3) is 0 Å². The molecule has 2 aliphatic rings. The Bertz CT molecular complexity index is 824. The summed E-state index contributed by atoms with van der Waals surface area (Å²) in [6, 6.07) is 9.76. The van der Waals surface area contributed by atoms with Gasteiger partial charge in [-0.15, -0.1) is 0 Å². The Morgan fingerprint density at radius 3 is 2.72 bits per heavy atom. The first-order chi connectivity index (χ1) is 12.1. The van der Waals surface area contributed by atoms with Gasteiger partial charge in [-0.3, -0.25) is 9.78 Å². The summed E-state index contributed by atoms with van der Waals surface area (Å²) in [7, 11) is 1.64. The summed E-state index contributed by atoms with van der Waals surface area (Å²) in [6.07, 6.45) is 4.62. The van der Waals surface area contributed by atoms with Crippen LogP contribution in [0.5, 0.6) is 5.75 Å². The molecule has 2 aromatic rings. The summed E-state index contributed by atoms with van der Waals surface area (Å²) < 4.78 is 5.19. The fourth-order valence-corrected chi connectivity index (χ4v) is 3.08. The average Bonchev–Trinajstić information content (AvgIpc) is 2.62. The molecule has 1 saturated heterocycles. The third kappa shape index (κ3) is 2.96. The maximum atomic E-state index is 11.2. The van der Waals surface area contributed by atoms with Crippen molar-refractivity contribution >= 4 is 23.2 Å². The molecule has 2 aliphatic heterocycles. The molecule has 0 amide bonds. The van der Waals surface area contributed by atoms with Crippen molar-refractivity contribution in [2.75, 3.05) is 30.0 Å². The third-order valence-corrected chi connectivity index (χ3v) is 4.55. The van der Waals surface area contributed by atoms with Gasteiger partial charge < -0.3 is 19.6 Å². The molecule has 0 spiro atoms. The van der Waals surface area contributed by atoms with Crippen LogP contribution in [0.4, 0.5) is 11.4 Å². The quantitative estimate of drug-likeness (QED) is 0.918. The maximum absolute atomic E-state index is 11.2. The van der Waals surface area contributed by atoms with Gasteiger partial charge >= 0.3 is 0 Å². The minimum absolute atomic E-state index is 0.229. The van der Waals surface area contributed by atoms with E-state index in [0.717, 1.165) is 28.4 Å². The van der Waals surface area contributed by atoms with Gasteiger partial charge in [-0.1, -0.05) is 12.1 Å². The number of ketones is 1. The van der Waals surface area contributed by atoms with E-state index in [1.807, 2.05) is 46.2 Å². The van der Waals surface area contributed by atoms with Crippen LogP contribution in [-0.2, 0) is 11.3 Å². The summed E-state index contributed by atoms with van der Waals surface area (Å²) in [5.41, 5.74) is 3.64. The number of rotatable bonds is 4. The number of carbonyl (C=O) groups is 1. The Morgan fingerprint density at radius 2 is 2.04 bits per heavy atom. The first-order valence-electron chi connectivity index (χ1n) is 8.16. The zero-order chi connectivity index (χ0) is 17.4. The van der Waals surface area contributed by atoms with Crippen molar-refractivity contribution in [3.8, 4) is 5.75 Å². The monoisotopic (exact) mass is 337 g/mol. The molecule has 1 N–H and O–H groups in total. The standard InChI is InChI=1S/C19H19N3O3/c1-25-16-4-2-13(3-5-16)10-22-18-8-14(21-11-15(23)12-21)9-20-17(18)6-7-19(22)24/h2-9,19,24H,10-12H2,1H3. The molecule has 1 fully saturated rings. The molecule has 1 aromatic carbocycles. The highest BCUT2D eigenvalue weighted by molar-refractivity contribution is 5.95. The minimum Gasteiger partial charge on any atom is -0.497 e. The molecule has 0 bridgehead atoms. The molecule has 1 aromatic heterocycles. The van der Waals surface area contributed by atoms with E-state index < -0.39 is 6.23 Å². The van der Waals surface area contributed by atoms with E-state index in [1.54, 1.807) is 19.4 Å². The van der Waals surface area contributed by atoms with Crippen molar-refractivity contribution in [3.63, 3.8) is 0 Å². The number of methoxy groups -OCH3 is 1. The van der Waals surface area contributed by atoms with Gasteiger partial charge in [0.2, 0.25) is 0 Å². The summed E-state index contributed by atoms with van der Waals surface area (Å²) >= 11 is 0. The van der Waals surface area contributed by atoms with Gasteiger partial charge in [-0.05, 0) is 35.9 Å². The number of ether oxygens (including phenoxy) is 1. The van der Waals surface area contributed by atoms with Crippen molar-refractivity contribution in [2.45, 2.75) is 12.8 Å². The van der Waals surface area contributed by atoms with Crippen LogP contribution in [0.25, 0.3) is 6.08 Å². The van der Waals surface area contributed by atoms with E-state index in [1.165, 1.54) is 0 Å². The molecule has 128 valence electrons. The number of Topliss-reactive ketones (excluding diaryl/α,β-unsaturated/α-hetero) is 1. The van der Waals surface area contributed by atoms with Crippen molar-refractivity contribution in [2.24, 2.45) is 0 Å². The van der Waals surface area contributed by atoms with E-state index in [-0.39, 0.29) is 5.78 Å². The fraction of sp³-hybridized carbons (Fsp3) is 0.263. The molecule has 0 aliphatic carbocycles. The lowest BCUT2D eigenvalue weighted by Gasteiger charge is -2.35. The lowest BCUT2D eigenvalue weighted by Crippen LogP contribution is -2.47. The van der Waals surface area contributed by atoms with E-state index in [2.05, 4.69) is 4.98 Å². The molecular weight excluding hydrogens is 318 g/mol. The fourth-order valence-electron chi connectivity index (χ4n) is 3.08. The first kappa shape index (κ1) is 15.7. The molecular formula is C19H19N3O3. The Kier molecular flexibility index (Phi) is 3.89. The molecule has 6 heteroatoms. The van der Waals surface area contributed by atoms with Crippen LogP contribution in [-0.4, -0.2) is 42.3 Å². The predicted molar refractivity (Wildman–Crippen MR) is 95.7 cm³/mol. The highest BCUT2D eigenvalue weighted by atomic mass is 16.5. The Hall–Kier alpha value is -2.86. The van der Waals surface area contributed by atoms with Crippen molar-refractivity contribution in [1.82, 2.24) is 4.98 Å². The number of hydrogen-bond donors (Lipinski definition) is 1. The van der Waals surface area contributed by atoms with Crippen LogP contribution in [0.3, 0.4) is 0 Å². The van der Waals surface area contributed by atoms with Crippen LogP contribution in [0.15, 0.2) is 42.6 Å². The van der Waals surface area contributed by atoms with Gasteiger partial charge in [0.15, 0.2) is 5.78 Å². The molecule has 6 nitrogen and oxygen atoms in total. The number of fused-ring (bicyclic) bond motifs is 1. The largest absolute Gasteiger partial charge is 0.497 e. The second-order valence-corrected chi connectivity index (χ2v) is 6.24. The van der Waals surface area contributed by atoms with Gasteiger partial charge in [0.1, 0.15) is 12.0 Å². The number of anilines is 2. The number of aromatic nitrogens is 1. The van der Waals surface area contributed by atoms with Gasteiger partial charge in [-0.25, -0.2) is 0 Å².